The van der Waals surface area contributed by atoms with Gasteiger partial charge in [-0.05, 0) is 67.2 Å². The first kappa shape index (κ1) is 20.3. The Bertz CT molecular complexity index is 908. The number of thioether (sulfide) groups is 1. The van der Waals surface area contributed by atoms with Crippen LogP contribution < -0.4 is 10.1 Å². The van der Waals surface area contributed by atoms with Gasteiger partial charge in [0, 0.05) is 11.7 Å². The van der Waals surface area contributed by atoms with Crippen molar-refractivity contribution < 1.29 is 9.53 Å². The van der Waals surface area contributed by atoms with E-state index in [0.717, 1.165) is 28.8 Å². The number of carbonyl (C=O) groups excluding carboxylic acids is 1. The number of nitrogens with one attached hydrogen (secondary N) is 1. The van der Waals surface area contributed by atoms with Crippen LogP contribution >= 0.6 is 11.8 Å². The predicted octanol–water partition coefficient (Wildman–Crippen LogP) is 4.01. The number of nitrogens with zero attached hydrogens (tertiary/aromatic N) is 3. The topological polar surface area (TPSA) is 69.0 Å². The molecule has 4 rings (SSSR count). The van der Waals surface area contributed by atoms with E-state index in [1.54, 1.807) is 7.11 Å². The molecule has 3 atom stereocenters. The molecule has 0 aliphatic heterocycles. The molecule has 2 aliphatic rings. The number of carbonyl (C=O) groups is 1. The molecule has 1 aromatic heterocycles. The first-order valence-corrected chi connectivity index (χ1v) is 11.2. The molecule has 6 nitrogen and oxygen atoms in total. The summed E-state index contributed by atoms with van der Waals surface area (Å²) in [5, 5.41) is 12.5. The molecule has 1 aromatic carbocycles. The van der Waals surface area contributed by atoms with Gasteiger partial charge in [-0.15, -0.1) is 10.2 Å². The lowest BCUT2D eigenvalue weighted by Crippen LogP contribution is -2.47. The van der Waals surface area contributed by atoms with Gasteiger partial charge in [-0.3, -0.25) is 9.36 Å². The minimum atomic E-state index is 0.0755. The van der Waals surface area contributed by atoms with Gasteiger partial charge in [-0.1, -0.05) is 32.5 Å². The Hall–Kier alpha value is -2.02. The lowest BCUT2D eigenvalue weighted by Gasteiger charge is -2.39. The number of aryl methyl sites for hydroxylation is 1. The van der Waals surface area contributed by atoms with Crippen LogP contribution in [0.5, 0.6) is 5.75 Å². The number of fused-ring (bicyclic) bond motifs is 2. The van der Waals surface area contributed by atoms with Gasteiger partial charge in [0.25, 0.3) is 0 Å². The molecule has 1 heterocycles. The van der Waals surface area contributed by atoms with Gasteiger partial charge in [0.1, 0.15) is 11.6 Å². The van der Waals surface area contributed by atoms with E-state index in [1.165, 1.54) is 24.6 Å². The van der Waals surface area contributed by atoms with Crippen molar-refractivity contribution in [3.63, 3.8) is 0 Å². The number of benzene rings is 1. The first-order chi connectivity index (χ1) is 13.8. The molecule has 2 fully saturated rings. The number of rotatable bonds is 6. The first-order valence-electron chi connectivity index (χ1n) is 10.2. The van der Waals surface area contributed by atoms with Crippen molar-refractivity contribution in [3.8, 4) is 11.4 Å². The van der Waals surface area contributed by atoms with Gasteiger partial charge in [0.05, 0.1) is 12.9 Å². The van der Waals surface area contributed by atoms with Gasteiger partial charge in [0.2, 0.25) is 5.91 Å². The van der Waals surface area contributed by atoms with Crippen LogP contribution in [0.3, 0.4) is 0 Å². The van der Waals surface area contributed by atoms with Gasteiger partial charge in [0.15, 0.2) is 5.16 Å². The number of methoxy groups -OCH3 is 1. The summed E-state index contributed by atoms with van der Waals surface area (Å²) < 4.78 is 7.21. The molecule has 1 N–H and O–H groups in total. The Kier molecular flexibility index (Phi) is 5.13. The smallest absolute Gasteiger partial charge is 0.230 e. The normalized spacial score (nSPS) is 27.2. The van der Waals surface area contributed by atoms with Crippen LogP contribution in [-0.4, -0.2) is 39.6 Å². The average Bonchev–Trinajstić information content (AvgIpc) is 3.24. The quantitative estimate of drug-likeness (QED) is 0.724. The zero-order chi connectivity index (χ0) is 20.8. The lowest BCUT2D eigenvalue weighted by atomic mass is 9.69. The SMILES string of the molecule is COc1ccc(-n2c(C)nnc2SCC(=O)NC2CC3CCC2(C)C3(C)C)cc1. The van der Waals surface area contributed by atoms with Gasteiger partial charge >= 0.3 is 0 Å². The Morgan fingerprint density at radius 1 is 1.28 bits per heavy atom. The number of hydrogen-bond acceptors (Lipinski definition) is 5. The van der Waals surface area contributed by atoms with E-state index in [9.17, 15) is 4.79 Å². The van der Waals surface area contributed by atoms with Crippen molar-refractivity contribution in [2.45, 2.75) is 58.2 Å². The van der Waals surface area contributed by atoms with Crippen LogP contribution in [0.15, 0.2) is 29.4 Å². The number of hydrogen-bond donors (Lipinski definition) is 1. The fourth-order valence-corrected chi connectivity index (χ4v) is 6.06. The fraction of sp³-hybridized carbons (Fsp3) is 0.591. The van der Waals surface area contributed by atoms with E-state index in [2.05, 4.69) is 36.3 Å². The Balaban J connectivity index is 1.42. The van der Waals surface area contributed by atoms with Crippen LogP contribution in [0.25, 0.3) is 5.69 Å². The summed E-state index contributed by atoms with van der Waals surface area (Å²) in [5.74, 6) is 2.72. The second kappa shape index (κ2) is 7.35. The van der Waals surface area contributed by atoms with Crippen LogP contribution in [-0.2, 0) is 4.79 Å². The highest BCUT2D eigenvalue weighted by Gasteiger charge is 2.61. The van der Waals surface area contributed by atoms with Crippen LogP contribution in [0.1, 0.15) is 45.9 Å². The van der Waals surface area contributed by atoms with Crippen molar-refractivity contribution in [3.05, 3.63) is 30.1 Å². The van der Waals surface area contributed by atoms with Crippen molar-refractivity contribution >= 4 is 17.7 Å². The fourth-order valence-electron chi connectivity index (χ4n) is 5.25. The molecule has 1 amide bonds. The molecule has 29 heavy (non-hydrogen) atoms. The predicted molar refractivity (Wildman–Crippen MR) is 115 cm³/mol. The molecule has 0 spiro atoms. The molecular weight excluding hydrogens is 384 g/mol. The minimum Gasteiger partial charge on any atom is -0.497 e. The van der Waals surface area contributed by atoms with E-state index in [1.807, 2.05) is 35.8 Å². The zero-order valence-corrected chi connectivity index (χ0v) is 18.7. The maximum atomic E-state index is 12.7. The van der Waals surface area contributed by atoms with Gasteiger partial charge in [-0.2, -0.15) is 0 Å². The van der Waals surface area contributed by atoms with Crippen molar-refractivity contribution in [1.82, 2.24) is 20.1 Å². The zero-order valence-electron chi connectivity index (χ0n) is 17.9. The van der Waals surface area contributed by atoms with Crippen LogP contribution in [0.4, 0.5) is 0 Å². The summed E-state index contributed by atoms with van der Waals surface area (Å²) >= 11 is 1.43. The minimum absolute atomic E-state index is 0.0755. The summed E-state index contributed by atoms with van der Waals surface area (Å²) in [5.41, 5.74) is 1.44. The molecule has 2 saturated carbocycles. The monoisotopic (exact) mass is 414 g/mol. The molecule has 7 heteroatoms. The van der Waals surface area contributed by atoms with E-state index in [-0.39, 0.29) is 17.4 Å². The Labute approximate surface area is 176 Å². The third-order valence-corrected chi connectivity index (χ3v) is 8.52. The molecule has 2 bridgehead atoms. The van der Waals surface area contributed by atoms with Crippen molar-refractivity contribution in [2.75, 3.05) is 12.9 Å². The van der Waals surface area contributed by atoms with Crippen LogP contribution in [0.2, 0.25) is 0 Å². The molecule has 2 aliphatic carbocycles. The van der Waals surface area contributed by atoms with E-state index < -0.39 is 0 Å². The van der Waals surface area contributed by atoms with Crippen molar-refractivity contribution in [2.24, 2.45) is 16.7 Å². The largest absolute Gasteiger partial charge is 0.497 e. The van der Waals surface area contributed by atoms with Crippen molar-refractivity contribution in [1.29, 1.82) is 0 Å². The molecular formula is C22H30N4O2S. The van der Waals surface area contributed by atoms with E-state index in [0.29, 0.717) is 17.1 Å². The maximum Gasteiger partial charge on any atom is 0.230 e. The Morgan fingerprint density at radius 3 is 2.59 bits per heavy atom. The Morgan fingerprint density at radius 2 is 2.00 bits per heavy atom. The second-order valence-electron chi connectivity index (χ2n) is 9.08. The molecule has 3 unspecified atom stereocenters. The average molecular weight is 415 g/mol. The standard InChI is InChI=1S/C22H30N4O2S/c1-14-24-25-20(26(14)16-6-8-17(28-5)9-7-16)29-13-19(27)23-18-12-15-10-11-22(18,4)21(15,2)3/h6-9,15,18H,10-13H2,1-5H3,(H,23,27). The third-order valence-electron chi connectivity index (χ3n) is 7.59. The maximum absolute atomic E-state index is 12.7. The highest BCUT2D eigenvalue weighted by molar-refractivity contribution is 7.99. The summed E-state index contributed by atoms with van der Waals surface area (Å²) in [7, 11) is 1.65. The summed E-state index contributed by atoms with van der Waals surface area (Å²) in [6.45, 7) is 9.00. The number of amides is 1. The molecule has 0 radical (unpaired) electrons. The summed E-state index contributed by atoms with van der Waals surface area (Å²) in [4.78, 5) is 12.7. The van der Waals surface area contributed by atoms with E-state index in [4.69, 9.17) is 4.74 Å². The highest BCUT2D eigenvalue weighted by atomic mass is 32.2. The van der Waals surface area contributed by atoms with Gasteiger partial charge in [-0.25, -0.2) is 0 Å². The summed E-state index contributed by atoms with van der Waals surface area (Å²) in [6, 6.07) is 8.03. The third kappa shape index (κ3) is 3.33. The lowest BCUT2D eigenvalue weighted by molar-refractivity contribution is -0.120. The second-order valence-corrected chi connectivity index (χ2v) is 10.0. The van der Waals surface area contributed by atoms with Crippen LogP contribution in [0, 0.1) is 23.7 Å². The number of aromatic nitrogens is 3. The molecule has 0 saturated heterocycles. The van der Waals surface area contributed by atoms with E-state index >= 15 is 0 Å². The number of ether oxygens (including phenoxy) is 1. The molecule has 2 aromatic rings. The highest BCUT2D eigenvalue weighted by Crippen LogP contribution is 2.65. The molecule has 156 valence electrons. The van der Waals surface area contributed by atoms with Gasteiger partial charge < -0.3 is 10.1 Å². The summed E-state index contributed by atoms with van der Waals surface area (Å²) in [6.07, 6.45) is 3.59.